The summed E-state index contributed by atoms with van der Waals surface area (Å²) in [6, 6.07) is 24.3. The molecular formula is C21H16O2. The summed E-state index contributed by atoms with van der Waals surface area (Å²) in [5, 5.41) is 2.34. The highest BCUT2D eigenvalue weighted by Crippen LogP contribution is 2.45. The lowest BCUT2D eigenvalue weighted by molar-refractivity contribution is -0.139. The van der Waals surface area contributed by atoms with E-state index in [1.165, 1.54) is 5.39 Å². The Hall–Kier alpha value is -2.87. The van der Waals surface area contributed by atoms with Crippen molar-refractivity contribution in [3.63, 3.8) is 0 Å². The number of hydrogen-bond acceptors (Lipinski definition) is 2. The normalized spacial score (nSPS) is 20.7. The predicted molar refractivity (Wildman–Crippen MR) is 91.1 cm³/mol. The summed E-state index contributed by atoms with van der Waals surface area (Å²) in [5.41, 5.74) is 2.58. The van der Waals surface area contributed by atoms with E-state index in [2.05, 4.69) is 36.9 Å². The van der Waals surface area contributed by atoms with Crippen molar-refractivity contribution in [2.75, 3.05) is 0 Å². The fourth-order valence-electron chi connectivity index (χ4n) is 3.25. The van der Waals surface area contributed by atoms with Crippen LogP contribution in [-0.4, -0.2) is 5.97 Å². The third kappa shape index (κ3) is 2.33. The smallest absolute Gasteiger partial charge is 0.334 e. The molecule has 1 heterocycles. The van der Waals surface area contributed by atoms with Gasteiger partial charge in [0.05, 0.1) is 5.92 Å². The Morgan fingerprint density at radius 1 is 0.783 bits per heavy atom. The summed E-state index contributed by atoms with van der Waals surface area (Å²) in [5.74, 6) is -0.452. The van der Waals surface area contributed by atoms with Crippen LogP contribution in [0.1, 0.15) is 23.1 Å². The van der Waals surface area contributed by atoms with Crippen LogP contribution in [0.2, 0.25) is 0 Å². The number of rotatable bonds is 2. The molecule has 0 amide bonds. The van der Waals surface area contributed by atoms with E-state index in [9.17, 15) is 4.79 Å². The van der Waals surface area contributed by atoms with E-state index in [1.54, 1.807) is 0 Å². The Labute approximate surface area is 135 Å². The zero-order valence-corrected chi connectivity index (χ0v) is 12.6. The van der Waals surface area contributed by atoms with Crippen LogP contribution in [0, 0.1) is 0 Å². The van der Waals surface area contributed by atoms with E-state index < -0.39 is 0 Å². The van der Waals surface area contributed by atoms with Crippen LogP contribution in [0.25, 0.3) is 10.8 Å². The van der Waals surface area contributed by atoms with Gasteiger partial charge in [0.15, 0.2) is 0 Å². The van der Waals surface area contributed by atoms with Crippen molar-refractivity contribution in [3.05, 3.63) is 96.1 Å². The lowest BCUT2D eigenvalue weighted by Crippen LogP contribution is -2.07. The monoisotopic (exact) mass is 300 g/mol. The fraction of sp³-hybridized carbons (Fsp3) is 0.0952. The molecule has 112 valence electrons. The highest BCUT2D eigenvalue weighted by Gasteiger charge is 2.40. The van der Waals surface area contributed by atoms with Gasteiger partial charge in [-0.05, 0) is 21.9 Å². The number of cyclic esters (lactones) is 1. The zero-order valence-electron chi connectivity index (χ0n) is 12.6. The van der Waals surface area contributed by atoms with Crippen molar-refractivity contribution in [1.29, 1.82) is 0 Å². The molecule has 2 unspecified atom stereocenters. The summed E-state index contributed by atoms with van der Waals surface area (Å²) in [4.78, 5) is 12.1. The van der Waals surface area contributed by atoms with Gasteiger partial charge in [-0.1, -0.05) is 79.4 Å². The second-order valence-electron chi connectivity index (χ2n) is 5.85. The number of esters is 1. The molecule has 1 aliphatic rings. The first-order valence-electron chi connectivity index (χ1n) is 7.67. The van der Waals surface area contributed by atoms with Crippen LogP contribution < -0.4 is 0 Å². The Morgan fingerprint density at radius 3 is 2.26 bits per heavy atom. The molecule has 0 saturated carbocycles. The molecule has 1 saturated heterocycles. The topological polar surface area (TPSA) is 26.3 Å². The Kier molecular flexibility index (Phi) is 3.23. The van der Waals surface area contributed by atoms with Gasteiger partial charge in [-0.2, -0.15) is 0 Å². The van der Waals surface area contributed by atoms with Gasteiger partial charge in [0.25, 0.3) is 0 Å². The number of hydrogen-bond donors (Lipinski definition) is 0. The largest absolute Gasteiger partial charge is 0.453 e. The minimum Gasteiger partial charge on any atom is -0.453 e. The van der Waals surface area contributed by atoms with Gasteiger partial charge in [-0.15, -0.1) is 0 Å². The SMILES string of the molecule is C=C1C(=O)OC(c2ccccc2)C1c1ccc2ccccc2c1. The first-order chi connectivity index (χ1) is 11.2. The second kappa shape index (κ2) is 5.40. The van der Waals surface area contributed by atoms with Gasteiger partial charge in [-0.25, -0.2) is 4.79 Å². The lowest BCUT2D eigenvalue weighted by Gasteiger charge is -2.19. The number of fused-ring (bicyclic) bond motifs is 1. The van der Waals surface area contributed by atoms with Gasteiger partial charge in [0.1, 0.15) is 6.10 Å². The molecule has 1 fully saturated rings. The highest BCUT2D eigenvalue weighted by molar-refractivity contribution is 5.93. The molecule has 0 bridgehead atoms. The molecule has 0 spiro atoms. The maximum absolute atomic E-state index is 12.1. The third-order valence-corrected chi connectivity index (χ3v) is 4.44. The van der Waals surface area contributed by atoms with Crippen LogP contribution in [0.3, 0.4) is 0 Å². The average Bonchev–Trinajstić information content (AvgIpc) is 2.90. The van der Waals surface area contributed by atoms with Gasteiger partial charge in [0.2, 0.25) is 0 Å². The van der Waals surface area contributed by atoms with Crippen LogP contribution >= 0.6 is 0 Å². The first-order valence-corrected chi connectivity index (χ1v) is 7.67. The molecule has 0 aromatic heterocycles. The molecule has 0 aliphatic carbocycles. The van der Waals surface area contributed by atoms with E-state index in [4.69, 9.17) is 4.74 Å². The predicted octanol–water partition coefficient (Wildman–Crippen LogP) is 4.78. The van der Waals surface area contributed by atoms with Gasteiger partial charge >= 0.3 is 5.97 Å². The molecular weight excluding hydrogens is 284 g/mol. The fourth-order valence-corrected chi connectivity index (χ4v) is 3.25. The molecule has 3 aromatic rings. The van der Waals surface area contributed by atoms with Crippen molar-refractivity contribution in [2.24, 2.45) is 0 Å². The Balaban J connectivity index is 1.82. The van der Waals surface area contributed by atoms with E-state index in [0.717, 1.165) is 16.5 Å². The quantitative estimate of drug-likeness (QED) is 0.503. The third-order valence-electron chi connectivity index (χ3n) is 4.44. The highest BCUT2D eigenvalue weighted by atomic mass is 16.6. The molecule has 0 radical (unpaired) electrons. The Bertz CT molecular complexity index is 896. The molecule has 2 atom stereocenters. The minimum atomic E-state index is -0.308. The Morgan fingerprint density at radius 2 is 1.48 bits per heavy atom. The van der Waals surface area contributed by atoms with Crippen LogP contribution in [-0.2, 0) is 9.53 Å². The van der Waals surface area contributed by atoms with Crippen LogP contribution in [0.5, 0.6) is 0 Å². The van der Waals surface area contributed by atoms with Crippen molar-refractivity contribution in [1.82, 2.24) is 0 Å². The van der Waals surface area contributed by atoms with Crippen molar-refractivity contribution < 1.29 is 9.53 Å². The van der Waals surface area contributed by atoms with E-state index in [1.807, 2.05) is 42.5 Å². The van der Waals surface area contributed by atoms with E-state index in [-0.39, 0.29) is 18.0 Å². The van der Waals surface area contributed by atoms with Crippen molar-refractivity contribution in [3.8, 4) is 0 Å². The van der Waals surface area contributed by atoms with Crippen molar-refractivity contribution >= 4 is 16.7 Å². The number of benzene rings is 3. The summed E-state index contributed by atoms with van der Waals surface area (Å²) < 4.78 is 5.60. The second-order valence-corrected chi connectivity index (χ2v) is 5.85. The van der Waals surface area contributed by atoms with Crippen molar-refractivity contribution in [2.45, 2.75) is 12.0 Å². The average molecular weight is 300 g/mol. The van der Waals surface area contributed by atoms with Crippen LogP contribution in [0.15, 0.2) is 84.9 Å². The first kappa shape index (κ1) is 13.8. The standard InChI is InChI=1S/C21H16O2/c1-14-19(18-12-11-15-7-5-6-10-17(15)13-18)20(23-21(14)22)16-8-3-2-4-9-16/h2-13,19-20H,1H2. The minimum absolute atomic E-state index is 0.144. The summed E-state index contributed by atoms with van der Waals surface area (Å²) in [7, 11) is 0. The van der Waals surface area contributed by atoms with E-state index in [0.29, 0.717) is 5.57 Å². The maximum atomic E-state index is 12.1. The van der Waals surface area contributed by atoms with Gasteiger partial charge in [0, 0.05) is 5.57 Å². The van der Waals surface area contributed by atoms with Gasteiger partial charge in [-0.3, -0.25) is 0 Å². The molecule has 2 heteroatoms. The molecule has 23 heavy (non-hydrogen) atoms. The number of ether oxygens (including phenoxy) is 1. The molecule has 0 N–H and O–H groups in total. The number of carbonyl (C=O) groups excluding carboxylic acids is 1. The van der Waals surface area contributed by atoms with E-state index >= 15 is 0 Å². The summed E-state index contributed by atoms with van der Waals surface area (Å²) in [6.07, 6.45) is -0.308. The molecule has 1 aliphatic heterocycles. The molecule has 2 nitrogen and oxygen atoms in total. The zero-order chi connectivity index (χ0) is 15.8. The number of carbonyl (C=O) groups is 1. The van der Waals surface area contributed by atoms with Crippen LogP contribution in [0.4, 0.5) is 0 Å². The van der Waals surface area contributed by atoms with Gasteiger partial charge < -0.3 is 4.74 Å². The lowest BCUT2D eigenvalue weighted by atomic mass is 9.85. The summed E-state index contributed by atoms with van der Waals surface area (Å²) in [6.45, 7) is 3.97. The molecule has 3 aromatic carbocycles. The maximum Gasteiger partial charge on any atom is 0.334 e. The summed E-state index contributed by atoms with van der Waals surface area (Å²) >= 11 is 0. The molecule has 4 rings (SSSR count).